The average molecular weight is 316 g/mol. The Balaban J connectivity index is 0. The second kappa shape index (κ2) is 17.0. The summed E-state index contributed by atoms with van der Waals surface area (Å²) in [4.78, 5) is 0. The van der Waals surface area contributed by atoms with Crippen LogP contribution >= 0.6 is 0 Å². The van der Waals surface area contributed by atoms with Gasteiger partial charge in [-0.05, 0) is 11.0 Å². The molecule has 0 aromatic rings. The zero-order valence-electron chi connectivity index (χ0n) is 3.51. The van der Waals surface area contributed by atoms with Gasteiger partial charge in [0.2, 0.25) is 0 Å². The van der Waals surface area contributed by atoms with Crippen LogP contribution in [0.1, 0.15) is 2.85 Å². The molecule has 0 aliphatic rings. The number of rotatable bonds is 0. The van der Waals surface area contributed by atoms with Crippen molar-refractivity contribution in [1.29, 1.82) is 0 Å². The molecule has 0 rings (SSSR count). The van der Waals surface area contributed by atoms with Crippen LogP contribution < -0.4 is 0 Å². The van der Waals surface area contributed by atoms with Crippen LogP contribution in [0, 0.1) is 0 Å². The Kier molecular flexibility index (Phi) is 123. The largest absolute Gasteiger partial charge is 0.0149 e. The zero-order chi connectivity index (χ0) is 0. The van der Waals surface area contributed by atoms with Crippen molar-refractivity contribution in [3.8, 4) is 0 Å². The fourth-order valence-corrected chi connectivity index (χ4v) is 0. The molecule has 0 aromatic heterocycles. The van der Waals surface area contributed by atoms with Gasteiger partial charge in [-0.15, -0.1) is 0 Å². The minimum Gasteiger partial charge on any atom is -0.0149 e. The molecule has 0 nitrogen and oxygen atoms in total. The molecule has 31 valence electrons. The minimum atomic E-state index is 0. The molecule has 4 heteroatoms. The predicted octanol–water partition coefficient (Wildman–Crippen LogP) is -2.53. The first-order chi connectivity index (χ1) is 0. The van der Waals surface area contributed by atoms with E-state index in [2.05, 4.69) is 0 Å². The second-order valence-corrected chi connectivity index (χ2v) is 0. The van der Waals surface area contributed by atoms with Gasteiger partial charge < -0.3 is 2.85 Å². The van der Waals surface area contributed by atoms with Crippen LogP contribution in [0.3, 0.4) is 0 Å². The molecule has 0 saturated heterocycles. The number of hydrogen-bond acceptors (Lipinski definition) is 0. The third-order valence-electron chi connectivity index (χ3n) is 0. The third kappa shape index (κ3) is 8.85. The number of hydrogen-bond donors (Lipinski definition) is 0. The Morgan fingerprint density at radius 2 is 1.25 bits per heavy atom. The van der Waals surface area contributed by atoms with Gasteiger partial charge in [0, 0.05) is 17.1 Å². The smallest absolute Gasteiger partial charge is 0.0149 e. The van der Waals surface area contributed by atoms with Crippen LogP contribution in [0.15, 0.2) is 0 Å². The van der Waals surface area contributed by atoms with E-state index in [1.807, 2.05) is 0 Å². The van der Waals surface area contributed by atoms with E-state index in [4.69, 9.17) is 0 Å². The van der Waals surface area contributed by atoms with Crippen LogP contribution in [-0.2, 0) is 17.1 Å². The van der Waals surface area contributed by atoms with E-state index < -0.39 is 0 Å². The predicted molar refractivity (Wildman–Crippen MR) is 27.9 cm³/mol. The van der Waals surface area contributed by atoms with Crippen molar-refractivity contribution in [1.82, 2.24) is 0 Å². The maximum absolute atomic E-state index is 0. The zero-order valence-corrected chi connectivity index (χ0v) is 8.99. The summed E-state index contributed by atoms with van der Waals surface area (Å²) in [6.45, 7) is 0. The van der Waals surface area contributed by atoms with Gasteiger partial charge in [0.25, 0.3) is 0 Å². The third-order valence-corrected chi connectivity index (χ3v) is 0. The van der Waals surface area contributed by atoms with E-state index in [-0.39, 0.29) is 96.8 Å². The molecular weight excluding hydrogens is 308 g/mol. The van der Waals surface area contributed by atoms with Crippen molar-refractivity contribution in [3.05, 3.63) is 0 Å². The molecule has 0 atom stereocenters. The van der Waals surface area contributed by atoms with Gasteiger partial charge in [0.15, 0.2) is 0 Å². The van der Waals surface area contributed by atoms with Crippen molar-refractivity contribution in [2.45, 2.75) is 0 Å². The van der Waals surface area contributed by atoms with Crippen molar-refractivity contribution >= 4 is 76.9 Å². The fourth-order valence-electron chi connectivity index (χ4n) is 0. The molecule has 0 bridgehead atoms. The summed E-state index contributed by atoms with van der Waals surface area (Å²) in [5.74, 6) is 0. The Labute approximate surface area is 94.9 Å². The molecule has 0 N–H and O–H groups in total. The molecule has 4 heavy (non-hydrogen) atoms. The van der Waals surface area contributed by atoms with Crippen molar-refractivity contribution in [3.63, 3.8) is 0 Å². The Morgan fingerprint density at radius 3 is 1.25 bits per heavy atom. The van der Waals surface area contributed by atoms with E-state index in [9.17, 15) is 0 Å². The van der Waals surface area contributed by atoms with Gasteiger partial charge in [-0.2, -0.15) is 0 Å². The second-order valence-electron chi connectivity index (χ2n) is 0. The van der Waals surface area contributed by atoms with Crippen LogP contribution in [-0.4, -0.2) is 76.9 Å². The molecule has 0 amide bonds. The first-order valence-electron chi connectivity index (χ1n) is 0. The molecule has 0 aliphatic carbocycles. The molecule has 1 radical (unpaired) electrons. The van der Waals surface area contributed by atoms with Gasteiger partial charge in [0.1, 0.15) is 0 Å². The quantitative estimate of drug-likeness (QED) is 0.433. The van der Waals surface area contributed by atoms with Crippen molar-refractivity contribution in [2.75, 3.05) is 0 Å². The summed E-state index contributed by atoms with van der Waals surface area (Å²) in [6, 6.07) is 0. The van der Waals surface area contributed by atoms with Gasteiger partial charge in [-0.25, -0.2) is 0 Å². The summed E-state index contributed by atoms with van der Waals surface area (Å²) in [6.07, 6.45) is 0. The van der Waals surface area contributed by atoms with E-state index in [0.717, 1.165) is 0 Å². The minimum absolute atomic E-state index is 0. The summed E-state index contributed by atoms with van der Waals surface area (Å²) in [5.41, 5.74) is 0. The fraction of sp³-hybridized carbons (Fsp3) is 0. The summed E-state index contributed by atoms with van der Waals surface area (Å²) >= 11 is 0. The van der Waals surface area contributed by atoms with E-state index in [1.54, 1.807) is 0 Å². The molecule has 0 aromatic carbocycles. The monoisotopic (exact) mass is 317 g/mol. The average Bonchev–Trinajstić information content (AvgIpc) is 0. The Hall–Kier alpha value is 2.83. The summed E-state index contributed by atoms with van der Waals surface area (Å²) < 4.78 is 0. The van der Waals surface area contributed by atoms with Crippen LogP contribution in [0.5, 0.6) is 0 Å². The molecule has 0 spiro atoms. The van der Waals surface area contributed by atoms with Crippen molar-refractivity contribution < 1.29 is 19.9 Å². The Morgan fingerprint density at radius 1 is 1.25 bits per heavy atom. The first kappa shape index (κ1) is 29.0. The van der Waals surface area contributed by atoms with Gasteiger partial charge in [-0.1, -0.05) is 0 Å². The van der Waals surface area contributed by atoms with E-state index in [1.165, 1.54) is 0 Å². The molecule has 0 fully saturated rings. The van der Waals surface area contributed by atoms with Gasteiger partial charge in [0.05, 0.1) is 0 Å². The first-order valence-corrected chi connectivity index (χ1v) is 0. The van der Waals surface area contributed by atoms with Gasteiger partial charge >= 0.3 is 65.9 Å². The normalized spacial score (nSPS) is 0. The topological polar surface area (TPSA) is 0 Å². The van der Waals surface area contributed by atoms with E-state index in [0.29, 0.717) is 0 Å². The van der Waals surface area contributed by atoms with Crippen LogP contribution in [0.25, 0.3) is 0 Å². The molecule has 0 saturated carbocycles. The molecule has 0 aliphatic heterocycles. The maximum atomic E-state index is 0. The molecule has 0 unspecified atom stereocenters. The molecule has 0 heterocycles. The Bertz CT molecular complexity index is 13.5. The van der Waals surface area contributed by atoms with Crippen LogP contribution in [0.4, 0.5) is 0 Å². The standard InChI is InChI=1S/Ba.Cu.H2Se.H4Si.2H/h;;1H2;1H4;;/q+2;;;;2*-1. The van der Waals surface area contributed by atoms with E-state index >= 15 is 0 Å². The van der Waals surface area contributed by atoms with Gasteiger partial charge in [-0.3, -0.25) is 0 Å². The molecular formula is H8BaCuSeSi. The summed E-state index contributed by atoms with van der Waals surface area (Å²) in [5, 5.41) is 0. The summed E-state index contributed by atoms with van der Waals surface area (Å²) in [7, 11) is 0. The van der Waals surface area contributed by atoms with Crippen LogP contribution in [0.2, 0.25) is 0 Å². The SMILES string of the molecule is [Ba+2].[Cu].[H-].[H-].[SeH2].[SiH4]. The maximum Gasteiger partial charge on any atom is -0.0149 e. The van der Waals surface area contributed by atoms with Crippen molar-refractivity contribution in [2.24, 2.45) is 0 Å².